The molecule has 0 aliphatic carbocycles. The fourth-order valence-electron chi connectivity index (χ4n) is 1.64. The molecule has 0 radical (unpaired) electrons. The first-order valence-corrected chi connectivity index (χ1v) is 6.09. The zero-order valence-electron chi connectivity index (χ0n) is 11.2. The van der Waals surface area contributed by atoms with Crippen LogP contribution in [0.4, 0.5) is 5.69 Å². The third-order valence-corrected chi connectivity index (χ3v) is 2.70. The minimum atomic E-state index is -0.371. The van der Waals surface area contributed by atoms with Gasteiger partial charge in [-0.1, -0.05) is 13.8 Å². The highest BCUT2D eigenvalue weighted by atomic mass is 15.3. The van der Waals surface area contributed by atoms with Crippen LogP contribution >= 0.6 is 0 Å². The Morgan fingerprint density at radius 3 is 2.90 bits per heavy atom. The third kappa shape index (κ3) is 2.75. The summed E-state index contributed by atoms with van der Waals surface area (Å²) in [6, 6.07) is 7.24. The maximum Gasteiger partial charge on any atom is 0.201 e. The van der Waals surface area contributed by atoms with E-state index >= 15 is 0 Å². The van der Waals surface area contributed by atoms with Crippen LogP contribution in [0.15, 0.2) is 23.3 Å². The Balaban J connectivity index is 2.28. The van der Waals surface area contributed by atoms with Crippen LogP contribution in [0, 0.1) is 16.7 Å². The minimum absolute atomic E-state index is 0.155. The molecule has 0 spiro atoms. The van der Waals surface area contributed by atoms with E-state index in [1.807, 2.05) is 12.1 Å². The summed E-state index contributed by atoms with van der Waals surface area (Å²) in [5.74, 6) is 0.867. The van der Waals surface area contributed by atoms with Gasteiger partial charge in [0.25, 0.3) is 0 Å². The fourth-order valence-corrected chi connectivity index (χ4v) is 1.64. The van der Waals surface area contributed by atoms with Gasteiger partial charge >= 0.3 is 0 Å². The Kier molecular flexibility index (Phi) is 3.66. The molecule has 0 aliphatic heterocycles. The Morgan fingerprint density at radius 2 is 2.30 bits per heavy atom. The second-order valence-corrected chi connectivity index (χ2v) is 4.61. The lowest BCUT2D eigenvalue weighted by Crippen LogP contribution is -2.21. The van der Waals surface area contributed by atoms with E-state index in [1.54, 1.807) is 12.1 Å². The van der Waals surface area contributed by atoms with E-state index in [-0.39, 0.29) is 11.5 Å². The molecule has 2 rings (SSSR count). The molecule has 102 valence electrons. The Labute approximate surface area is 116 Å². The number of imidazole rings is 1. The summed E-state index contributed by atoms with van der Waals surface area (Å²) in [4.78, 5) is 7.70. The topological polar surface area (TPSA) is 127 Å². The van der Waals surface area contributed by atoms with Gasteiger partial charge in [0.15, 0.2) is 5.84 Å². The van der Waals surface area contributed by atoms with Crippen LogP contribution < -0.4 is 11.2 Å². The molecule has 2 aromatic rings. The van der Waals surface area contributed by atoms with Crippen LogP contribution in [0.3, 0.4) is 0 Å². The van der Waals surface area contributed by atoms with Crippen molar-refractivity contribution in [2.24, 2.45) is 10.8 Å². The zero-order chi connectivity index (χ0) is 14.7. The molecule has 0 amide bonds. The largest absolute Gasteiger partial charge is 0.382 e. The quantitative estimate of drug-likeness (QED) is 0.384. The van der Waals surface area contributed by atoms with Gasteiger partial charge in [0.05, 0.1) is 16.7 Å². The number of nitrogens with one attached hydrogen (secondary N) is 3. The average Bonchev–Trinajstić information content (AvgIpc) is 2.82. The third-order valence-electron chi connectivity index (χ3n) is 2.70. The van der Waals surface area contributed by atoms with Gasteiger partial charge in [-0.25, -0.2) is 4.98 Å². The fraction of sp³-hybridized carbons (Fsp3) is 0.231. The van der Waals surface area contributed by atoms with Crippen LogP contribution in [-0.4, -0.2) is 21.5 Å². The normalized spacial score (nSPS) is 11.6. The molecular weight excluding hydrogens is 254 g/mol. The van der Waals surface area contributed by atoms with Crippen molar-refractivity contribution in [3.63, 3.8) is 0 Å². The van der Waals surface area contributed by atoms with Crippen molar-refractivity contribution in [1.82, 2.24) is 9.97 Å². The molecule has 0 atom stereocenters. The Morgan fingerprint density at radius 1 is 1.55 bits per heavy atom. The lowest BCUT2D eigenvalue weighted by molar-refractivity contribution is 0.799. The smallest absolute Gasteiger partial charge is 0.201 e. The number of hydrogen-bond acceptors (Lipinski definition) is 5. The number of H-pyrrole nitrogens is 1. The summed E-state index contributed by atoms with van der Waals surface area (Å²) in [6.45, 7) is 4.13. The molecule has 7 nitrogen and oxygen atoms in total. The molecule has 7 heteroatoms. The number of nitrogens with zero attached hydrogens (tertiary/aromatic N) is 3. The molecule has 0 saturated carbocycles. The molecule has 1 aromatic heterocycles. The van der Waals surface area contributed by atoms with Crippen molar-refractivity contribution in [2.45, 2.75) is 19.8 Å². The highest BCUT2D eigenvalue weighted by Gasteiger charge is 2.07. The minimum Gasteiger partial charge on any atom is -0.382 e. The number of fused-ring (bicyclic) bond motifs is 1. The van der Waals surface area contributed by atoms with E-state index in [4.69, 9.17) is 16.4 Å². The van der Waals surface area contributed by atoms with Gasteiger partial charge in [-0.05, 0) is 18.2 Å². The lowest BCUT2D eigenvalue weighted by Gasteiger charge is -2.00. The molecule has 0 unspecified atom stereocenters. The number of aromatic nitrogens is 2. The SMILES string of the molecule is CC(C)c1nc2ccc(N/N=C(\C#N)C(=N)N)cc2[nH]1. The number of rotatable bonds is 4. The van der Waals surface area contributed by atoms with E-state index in [0.717, 1.165) is 16.9 Å². The summed E-state index contributed by atoms with van der Waals surface area (Å²) >= 11 is 0. The molecule has 0 saturated heterocycles. The predicted molar refractivity (Wildman–Crippen MR) is 78.8 cm³/mol. The van der Waals surface area contributed by atoms with Gasteiger partial charge < -0.3 is 10.7 Å². The van der Waals surface area contributed by atoms with Crippen molar-refractivity contribution in [1.29, 1.82) is 10.7 Å². The highest BCUT2D eigenvalue weighted by molar-refractivity contribution is 6.45. The first kappa shape index (κ1) is 13.5. The molecule has 20 heavy (non-hydrogen) atoms. The molecule has 1 heterocycles. The van der Waals surface area contributed by atoms with Crippen LogP contribution in [0.2, 0.25) is 0 Å². The Hall–Kier alpha value is -2.88. The van der Waals surface area contributed by atoms with Crippen LogP contribution in [0.1, 0.15) is 25.6 Å². The first-order chi connectivity index (χ1) is 9.51. The summed E-state index contributed by atoms with van der Waals surface area (Å²) in [7, 11) is 0. The molecule has 0 bridgehead atoms. The van der Waals surface area contributed by atoms with Crippen LogP contribution in [0.5, 0.6) is 0 Å². The molecule has 0 fully saturated rings. The predicted octanol–water partition coefficient (Wildman–Crippen LogP) is 1.91. The van der Waals surface area contributed by atoms with Crippen molar-refractivity contribution in [3.8, 4) is 6.07 Å². The number of benzene rings is 1. The van der Waals surface area contributed by atoms with Crippen LogP contribution in [0.25, 0.3) is 11.0 Å². The monoisotopic (exact) mass is 269 g/mol. The van der Waals surface area contributed by atoms with Crippen molar-refractivity contribution >= 4 is 28.3 Å². The van der Waals surface area contributed by atoms with Gasteiger partial charge in [0.1, 0.15) is 11.9 Å². The summed E-state index contributed by atoms with van der Waals surface area (Å²) < 4.78 is 0. The van der Waals surface area contributed by atoms with E-state index in [9.17, 15) is 0 Å². The molecule has 5 N–H and O–H groups in total. The number of anilines is 1. The van der Waals surface area contributed by atoms with E-state index in [2.05, 4.69) is 34.3 Å². The summed E-state index contributed by atoms with van der Waals surface area (Å²) in [6.07, 6.45) is 0. The van der Waals surface area contributed by atoms with Gasteiger partial charge in [0, 0.05) is 5.92 Å². The number of hydrogen-bond donors (Lipinski definition) is 4. The zero-order valence-corrected chi connectivity index (χ0v) is 11.2. The van der Waals surface area contributed by atoms with Crippen molar-refractivity contribution in [2.75, 3.05) is 5.43 Å². The molecule has 0 aliphatic rings. The maximum atomic E-state index is 8.75. The first-order valence-electron chi connectivity index (χ1n) is 6.09. The number of hydrazone groups is 1. The highest BCUT2D eigenvalue weighted by Crippen LogP contribution is 2.20. The van der Waals surface area contributed by atoms with E-state index in [1.165, 1.54) is 0 Å². The number of nitriles is 1. The van der Waals surface area contributed by atoms with Gasteiger partial charge in [-0.2, -0.15) is 10.4 Å². The average molecular weight is 269 g/mol. The standard InChI is InChI=1S/C13H15N7/c1-7(2)13-17-9-4-3-8(5-10(9)18-13)19-20-11(6-14)12(15)16/h3-5,7,19H,1-2H3,(H3,15,16)(H,17,18)/b20-11+. The number of amidine groups is 1. The van der Waals surface area contributed by atoms with Crippen molar-refractivity contribution in [3.05, 3.63) is 24.0 Å². The van der Waals surface area contributed by atoms with Gasteiger partial charge in [0.2, 0.25) is 5.71 Å². The lowest BCUT2D eigenvalue weighted by atomic mass is 10.2. The van der Waals surface area contributed by atoms with Crippen LogP contribution in [-0.2, 0) is 0 Å². The van der Waals surface area contributed by atoms with E-state index in [0.29, 0.717) is 11.6 Å². The second-order valence-electron chi connectivity index (χ2n) is 4.61. The number of nitrogens with two attached hydrogens (primary N) is 1. The summed E-state index contributed by atoms with van der Waals surface area (Å²) in [5, 5.41) is 19.7. The maximum absolute atomic E-state index is 8.75. The Bertz CT molecular complexity index is 718. The van der Waals surface area contributed by atoms with Crippen molar-refractivity contribution < 1.29 is 0 Å². The van der Waals surface area contributed by atoms with Gasteiger partial charge in [-0.15, -0.1) is 0 Å². The second kappa shape index (κ2) is 5.40. The van der Waals surface area contributed by atoms with Gasteiger partial charge in [-0.3, -0.25) is 10.8 Å². The summed E-state index contributed by atoms with van der Waals surface area (Å²) in [5.41, 5.74) is 10.2. The molecular formula is C13H15N7. The molecule has 1 aromatic carbocycles. The number of aromatic amines is 1. The van der Waals surface area contributed by atoms with E-state index < -0.39 is 0 Å².